The summed E-state index contributed by atoms with van der Waals surface area (Å²) in [6.07, 6.45) is 2.21. The molecule has 1 aliphatic heterocycles. The predicted octanol–water partition coefficient (Wildman–Crippen LogP) is 4.11. The van der Waals surface area contributed by atoms with Crippen molar-refractivity contribution >= 4 is 11.5 Å². The molecule has 0 amide bonds. The van der Waals surface area contributed by atoms with Crippen molar-refractivity contribution in [2.24, 2.45) is 5.92 Å². The summed E-state index contributed by atoms with van der Waals surface area (Å²) in [5.41, 5.74) is 3.58. The molecule has 2 aromatic carbocycles. The van der Waals surface area contributed by atoms with Gasteiger partial charge in [0.05, 0.1) is 11.3 Å². The SMILES string of the molecule is CC(=O)c1ccc(C#N)c(N2CCC(CN(C)Cc3ccccc3)CC2)c1. The number of Topliss-reactive ketones (excluding diaryl/α,β-unsaturated/α-hetero) is 1. The summed E-state index contributed by atoms with van der Waals surface area (Å²) in [7, 11) is 2.18. The van der Waals surface area contributed by atoms with E-state index in [1.54, 1.807) is 19.1 Å². The Morgan fingerprint density at radius 2 is 1.89 bits per heavy atom. The van der Waals surface area contributed by atoms with Crippen LogP contribution in [0.5, 0.6) is 0 Å². The van der Waals surface area contributed by atoms with Crippen molar-refractivity contribution in [1.82, 2.24) is 4.90 Å². The third-order valence-electron chi connectivity index (χ3n) is 5.35. The second-order valence-corrected chi connectivity index (χ2v) is 7.51. The third kappa shape index (κ3) is 4.96. The Morgan fingerprint density at radius 3 is 2.52 bits per heavy atom. The zero-order valence-corrected chi connectivity index (χ0v) is 16.2. The summed E-state index contributed by atoms with van der Waals surface area (Å²) in [6.45, 7) is 5.49. The van der Waals surface area contributed by atoms with Gasteiger partial charge in [-0.3, -0.25) is 4.79 Å². The molecule has 140 valence electrons. The summed E-state index contributed by atoms with van der Waals surface area (Å²) in [5, 5.41) is 9.42. The predicted molar refractivity (Wildman–Crippen MR) is 109 cm³/mol. The largest absolute Gasteiger partial charge is 0.370 e. The first-order valence-corrected chi connectivity index (χ1v) is 9.59. The molecule has 0 saturated carbocycles. The van der Waals surface area contributed by atoms with Crippen LogP contribution in [-0.2, 0) is 6.54 Å². The zero-order chi connectivity index (χ0) is 19.2. The standard InChI is InChI=1S/C23H27N3O/c1-18(27)21-8-9-22(15-24)23(14-21)26-12-10-20(11-13-26)17-25(2)16-19-6-4-3-5-7-19/h3-9,14,20H,10-13,16-17H2,1-2H3. The number of carbonyl (C=O) groups excluding carboxylic acids is 1. The fraction of sp³-hybridized carbons (Fsp3) is 0.391. The van der Waals surface area contributed by atoms with Crippen LogP contribution in [-0.4, -0.2) is 37.4 Å². The number of benzene rings is 2. The lowest BCUT2D eigenvalue weighted by Crippen LogP contribution is -2.38. The summed E-state index contributed by atoms with van der Waals surface area (Å²) in [5.74, 6) is 0.703. The molecule has 0 aliphatic carbocycles. The van der Waals surface area contributed by atoms with Gasteiger partial charge in [-0.05, 0) is 56.5 Å². The number of hydrogen-bond donors (Lipinski definition) is 0. The molecule has 3 rings (SSSR count). The van der Waals surface area contributed by atoms with Crippen molar-refractivity contribution < 1.29 is 4.79 Å². The second kappa shape index (κ2) is 8.83. The van der Waals surface area contributed by atoms with Gasteiger partial charge in [0.1, 0.15) is 6.07 Å². The van der Waals surface area contributed by atoms with Crippen molar-refractivity contribution in [1.29, 1.82) is 5.26 Å². The number of rotatable bonds is 6. The lowest BCUT2D eigenvalue weighted by atomic mass is 9.94. The molecule has 0 N–H and O–H groups in total. The van der Waals surface area contributed by atoms with Crippen LogP contribution in [0.1, 0.15) is 41.3 Å². The van der Waals surface area contributed by atoms with Crippen molar-refractivity contribution in [3.05, 3.63) is 65.2 Å². The van der Waals surface area contributed by atoms with Crippen molar-refractivity contribution in [2.45, 2.75) is 26.3 Å². The molecule has 0 radical (unpaired) electrons. The Labute approximate surface area is 162 Å². The van der Waals surface area contributed by atoms with Gasteiger partial charge in [-0.25, -0.2) is 0 Å². The monoisotopic (exact) mass is 361 g/mol. The van der Waals surface area contributed by atoms with Crippen LogP contribution in [0.2, 0.25) is 0 Å². The van der Waals surface area contributed by atoms with E-state index < -0.39 is 0 Å². The van der Waals surface area contributed by atoms with Gasteiger partial charge in [-0.1, -0.05) is 30.3 Å². The van der Waals surface area contributed by atoms with Crippen molar-refractivity contribution in [3.63, 3.8) is 0 Å². The molecule has 1 aliphatic rings. The molecule has 0 aromatic heterocycles. The summed E-state index contributed by atoms with van der Waals surface area (Å²) >= 11 is 0. The van der Waals surface area contributed by atoms with Gasteiger partial charge in [0.15, 0.2) is 5.78 Å². The van der Waals surface area contributed by atoms with Gasteiger partial charge < -0.3 is 9.80 Å². The van der Waals surface area contributed by atoms with E-state index >= 15 is 0 Å². The Bertz CT molecular complexity index is 817. The van der Waals surface area contributed by atoms with Crippen LogP contribution in [0, 0.1) is 17.2 Å². The highest BCUT2D eigenvalue weighted by Gasteiger charge is 2.22. The van der Waals surface area contributed by atoms with E-state index in [0.717, 1.165) is 44.7 Å². The van der Waals surface area contributed by atoms with Gasteiger partial charge in [-0.15, -0.1) is 0 Å². The average Bonchev–Trinajstić information content (AvgIpc) is 2.68. The first kappa shape index (κ1) is 19.1. The maximum Gasteiger partial charge on any atom is 0.159 e. The number of hydrogen-bond acceptors (Lipinski definition) is 4. The molecule has 4 heteroatoms. The van der Waals surface area contributed by atoms with E-state index in [9.17, 15) is 10.1 Å². The summed E-state index contributed by atoms with van der Waals surface area (Å²) < 4.78 is 0. The molecule has 0 unspecified atom stereocenters. The molecule has 1 saturated heterocycles. The number of carbonyl (C=O) groups is 1. The van der Waals surface area contributed by atoms with E-state index in [0.29, 0.717) is 17.0 Å². The molecule has 1 heterocycles. The van der Waals surface area contributed by atoms with Crippen LogP contribution in [0.3, 0.4) is 0 Å². The van der Waals surface area contributed by atoms with Crippen LogP contribution in [0.25, 0.3) is 0 Å². The quantitative estimate of drug-likeness (QED) is 0.727. The Balaban J connectivity index is 1.58. The maximum atomic E-state index is 11.7. The Kier molecular flexibility index (Phi) is 6.26. The first-order chi connectivity index (χ1) is 13.1. The van der Waals surface area contributed by atoms with Crippen LogP contribution in [0.15, 0.2) is 48.5 Å². The highest BCUT2D eigenvalue weighted by molar-refractivity contribution is 5.95. The minimum Gasteiger partial charge on any atom is -0.370 e. The summed E-state index contributed by atoms with van der Waals surface area (Å²) in [4.78, 5) is 16.4. The lowest BCUT2D eigenvalue weighted by molar-refractivity contribution is 0.101. The molecule has 2 aromatic rings. The van der Waals surface area contributed by atoms with Crippen LogP contribution < -0.4 is 4.90 Å². The smallest absolute Gasteiger partial charge is 0.159 e. The fourth-order valence-electron chi connectivity index (χ4n) is 3.86. The minimum atomic E-state index is 0.0400. The third-order valence-corrected chi connectivity index (χ3v) is 5.35. The lowest BCUT2D eigenvalue weighted by Gasteiger charge is -2.35. The number of anilines is 1. The second-order valence-electron chi connectivity index (χ2n) is 7.51. The molecular formula is C23H27N3O. The zero-order valence-electron chi connectivity index (χ0n) is 16.2. The topological polar surface area (TPSA) is 47.3 Å². The highest BCUT2D eigenvalue weighted by Crippen LogP contribution is 2.28. The number of ketones is 1. The van der Waals surface area contributed by atoms with Gasteiger partial charge in [-0.2, -0.15) is 5.26 Å². The molecule has 1 fully saturated rings. The minimum absolute atomic E-state index is 0.0400. The van der Waals surface area contributed by atoms with Crippen molar-refractivity contribution in [2.75, 3.05) is 31.6 Å². The molecule has 0 bridgehead atoms. The Hall–Kier alpha value is -2.64. The van der Waals surface area contributed by atoms with E-state index in [1.165, 1.54) is 5.56 Å². The first-order valence-electron chi connectivity index (χ1n) is 9.59. The molecule has 27 heavy (non-hydrogen) atoms. The number of nitriles is 1. The normalized spacial score (nSPS) is 15.0. The maximum absolute atomic E-state index is 11.7. The van der Waals surface area contributed by atoms with Gasteiger partial charge in [0.25, 0.3) is 0 Å². The number of piperidine rings is 1. The molecule has 0 atom stereocenters. The molecule has 4 nitrogen and oxygen atoms in total. The average molecular weight is 361 g/mol. The van der Waals surface area contributed by atoms with E-state index in [-0.39, 0.29) is 5.78 Å². The van der Waals surface area contributed by atoms with Gasteiger partial charge in [0.2, 0.25) is 0 Å². The van der Waals surface area contributed by atoms with Crippen LogP contribution >= 0.6 is 0 Å². The van der Waals surface area contributed by atoms with E-state index in [1.807, 2.05) is 6.07 Å². The molecular weight excluding hydrogens is 334 g/mol. The van der Waals surface area contributed by atoms with Gasteiger partial charge >= 0.3 is 0 Å². The van der Waals surface area contributed by atoms with E-state index in [2.05, 4.69) is 53.2 Å². The van der Waals surface area contributed by atoms with E-state index in [4.69, 9.17) is 0 Å². The number of nitrogens with zero attached hydrogens (tertiary/aromatic N) is 3. The Morgan fingerprint density at radius 1 is 1.19 bits per heavy atom. The fourth-order valence-corrected chi connectivity index (χ4v) is 3.86. The summed E-state index contributed by atoms with van der Waals surface area (Å²) in [6, 6.07) is 18.2. The highest BCUT2D eigenvalue weighted by atomic mass is 16.1. The van der Waals surface area contributed by atoms with Crippen molar-refractivity contribution in [3.8, 4) is 6.07 Å². The van der Waals surface area contributed by atoms with Gasteiger partial charge in [0, 0.05) is 31.7 Å². The van der Waals surface area contributed by atoms with Crippen LogP contribution in [0.4, 0.5) is 5.69 Å². The molecule has 0 spiro atoms.